The topological polar surface area (TPSA) is 67.8 Å². The van der Waals surface area contributed by atoms with E-state index in [1.807, 2.05) is 43.0 Å². The Balaban J connectivity index is 1.54. The molecule has 0 saturated carbocycles. The maximum absolute atomic E-state index is 13.6. The van der Waals surface area contributed by atoms with Gasteiger partial charge in [-0.25, -0.2) is 9.97 Å². The molecule has 2 aliphatic heterocycles. The third-order valence-electron chi connectivity index (χ3n) is 6.28. The number of rotatable bonds is 5. The minimum Gasteiger partial charge on any atom is -0.493 e. The molecular formula is C23H30N4O3. The van der Waals surface area contributed by atoms with Crippen LogP contribution in [-0.2, 0) is 11.3 Å². The molecule has 4 rings (SSSR count). The van der Waals surface area contributed by atoms with Crippen molar-refractivity contribution in [3.63, 3.8) is 0 Å². The van der Waals surface area contributed by atoms with Crippen LogP contribution in [0.1, 0.15) is 36.2 Å². The number of hydrogen-bond acceptors (Lipinski definition) is 6. The lowest BCUT2D eigenvalue weighted by atomic mass is 9.78. The molecule has 0 bridgehead atoms. The van der Waals surface area contributed by atoms with Gasteiger partial charge in [-0.05, 0) is 45.2 Å². The van der Waals surface area contributed by atoms with Gasteiger partial charge in [0, 0.05) is 43.1 Å². The average Bonchev–Trinajstić information content (AvgIpc) is 3.15. The molecule has 7 heteroatoms. The molecule has 1 amide bonds. The highest BCUT2D eigenvalue weighted by Gasteiger charge is 2.49. The highest BCUT2D eigenvalue weighted by Crippen LogP contribution is 2.42. The Bertz CT molecular complexity index is 928. The number of nitrogens with zero attached hydrogens (tertiary/aromatic N) is 4. The van der Waals surface area contributed by atoms with Crippen molar-refractivity contribution in [2.24, 2.45) is 5.41 Å². The molecule has 2 aromatic rings. The summed E-state index contributed by atoms with van der Waals surface area (Å²) in [6, 6.07) is 7.79. The van der Waals surface area contributed by atoms with E-state index < -0.39 is 0 Å². The van der Waals surface area contributed by atoms with Crippen LogP contribution in [0, 0.1) is 19.3 Å². The van der Waals surface area contributed by atoms with Crippen LogP contribution in [0.25, 0.3) is 0 Å². The summed E-state index contributed by atoms with van der Waals surface area (Å²) in [4.78, 5) is 27.0. The summed E-state index contributed by atoms with van der Waals surface area (Å²) in [7, 11) is 3.27. The van der Waals surface area contributed by atoms with Crippen molar-refractivity contribution in [1.82, 2.24) is 14.9 Å². The van der Waals surface area contributed by atoms with Gasteiger partial charge in [-0.15, -0.1) is 0 Å². The third-order valence-corrected chi connectivity index (χ3v) is 6.28. The van der Waals surface area contributed by atoms with Crippen LogP contribution < -0.4 is 14.4 Å². The molecule has 0 aliphatic carbocycles. The molecule has 7 nitrogen and oxygen atoms in total. The molecule has 1 unspecified atom stereocenters. The van der Waals surface area contributed by atoms with Crippen molar-refractivity contribution in [3.05, 3.63) is 41.2 Å². The lowest BCUT2D eigenvalue weighted by molar-refractivity contribution is -0.145. The number of hydrogen-bond donors (Lipinski definition) is 0. The Morgan fingerprint density at radius 2 is 1.83 bits per heavy atom. The summed E-state index contributed by atoms with van der Waals surface area (Å²) in [5, 5.41) is 0. The number of methoxy groups -OCH3 is 2. The number of carbonyl (C=O) groups is 1. The van der Waals surface area contributed by atoms with Crippen molar-refractivity contribution in [2.75, 3.05) is 38.8 Å². The highest BCUT2D eigenvalue weighted by atomic mass is 16.5. The van der Waals surface area contributed by atoms with Gasteiger partial charge in [0.1, 0.15) is 0 Å². The maximum atomic E-state index is 13.6. The number of piperidine rings is 1. The summed E-state index contributed by atoms with van der Waals surface area (Å²) in [6.07, 6.45) is 2.76. The van der Waals surface area contributed by atoms with Crippen LogP contribution in [0.5, 0.6) is 11.5 Å². The molecule has 0 radical (unpaired) electrons. The number of aromatic nitrogens is 2. The van der Waals surface area contributed by atoms with Gasteiger partial charge in [0.25, 0.3) is 0 Å². The molecule has 160 valence electrons. The Hall–Kier alpha value is -2.83. The van der Waals surface area contributed by atoms with Gasteiger partial charge < -0.3 is 19.3 Å². The molecule has 1 aromatic carbocycles. The van der Waals surface area contributed by atoms with Crippen LogP contribution in [0.2, 0.25) is 0 Å². The number of benzene rings is 1. The van der Waals surface area contributed by atoms with Crippen molar-refractivity contribution in [2.45, 2.75) is 39.7 Å². The van der Waals surface area contributed by atoms with E-state index in [9.17, 15) is 4.79 Å². The second kappa shape index (κ2) is 8.13. The fourth-order valence-electron chi connectivity index (χ4n) is 4.86. The van der Waals surface area contributed by atoms with Gasteiger partial charge in [0.05, 0.1) is 19.6 Å². The number of para-hydroxylation sites is 1. The Morgan fingerprint density at radius 1 is 1.07 bits per heavy atom. The minimum absolute atomic E-state index is 0.227. The first kappa shape index (κ1) is 20.4. The van der Waals surface area contributed by atoms with E-state index in [0.717, 1.165) is 55.3 Å². The SMILES string of the molecule is COc1cccc(CN2CCCC3(CCN(c4nc(C)cc(C)n4)C3)C2=O)c1OC. The van der Waals surface area contributed by atoms with E-state index >= 15 is 0 Å². The standard InChI is InChI=1S/C23H30N4O3/c1-16-13-17(2)25-22(24-16)27-12-10-23(15-27)9-6-11-26(21(23)28)14-18-7-5-8-19(29-3)20(18)30-4/h5,7-8,13H,6,9-12,14-15H2,1-4H3. The van der Waals surface area contributed by atoms with Crippen LogP contribution in [0.15, 0.2) is 24.3 Å². The largest absolute Gasteiger partial charge is 0.493 e. The van der Waals surface area contributed by atoms with Crippen molar-refractivity contribution < 1.29 is 14.3 Å². The van der Waals surface area contributed by atoms with Crippen molar-refractivity contribution >= 4 is 11.9 Å². The first-order valence-electron chi connectivity index (χ1n) is 10.5. The van der Waals surface area contributed by atoms with Crippen molar-refractivity contribution in [3.8, 4) is 11.5 Å². The molecule has 2 aliphatic rings. The number of aryl methyl sites for hydroxylation is 2. The molecular weight excluding hydrogens is 380 g/mol. The summed E-state index contributed by atoms with van der Waals surface area (Å²) in [6.45, 7) is 6.76. The molecule has 1 spiro atoms. The monoisotopic (exact) mass is 410 g/mol. The fourth-order valence-corrected chi connectivity index (χ4v) is 4.86. The van der Waals surface area contributed by atoms with Gasteiger partial charge in [0.2, 0.25) is 11.9 Å². The van der Waals surface area contributed by atoms with E-state index in [0.29, 0.717) is 24.6 Å². The molecule has 2 saturated heterocycles. The molecule has 30 heavy (non-hydrogen) atoms. The zero-order chi connectivity index (χ0) is 21.3. The lowest BCUT2D eigenvalue weighted by Gasteiger charge is -2.39. The Kier molecular flexibility index (Phi) is 5.54. The maximum Gasteiger partial charge on any atom is 0.230 e. The van der Waals surface area contributed by atoms with Gasteiger partial charge in [-0.3, -0.25) is 4.79 Å². The predicted octanol–water partition coefficient (Wildman–Crippen LogP) is 3.13. The van der Waals surface area contributed by atoms with Crippen LogP contribution in [0.4, 0.5) is 5.95 Å². The lowest BCUT2D eigenvalue weighted by Crippen LogP contribution is -2.49. The predicted molar refractivity (Wildman–Crippen MR) is 115 cm³/mol. The van der Waals surface area contributed by atoms with Crippen LogP contribution >= 0.6 is 0 Å². The zero-order valence-electron chi connectivity index (χ0n) is 18.3. The van der Waals surface area contributed by atoms with Gasteiger partial charge >= 0.3 is 0 Å². The molecule has 0 N–H and O–H groups in total. The summed E-state index contributed by atoms with van der Waals surface area (Å²) < 4.78 is 11.0. The first-order chi connectivity index (χ1) is 14.5. The van der Waals surface area contributed by atoms with Crippen molar-refractivity contribution in [1.29, 1.82) is 0 Å². The molecule has 1 aromatic heterocycles. The minimum atomic E-state index is -0.356. The number of ether oxygens (including phenoxy) is 2. The zero-order valence-corrected chi connectivity index (χ0v) is 18.3. The smallest absolute Gasteiger partial charge is 0.230 e. The summed E-state index contributed by atoms with van der Waals surface area (Å²) in [5.41, 5.74) is 2.53. The highest BCUT2D eigenvalue weighted by molar-refractivity contribution is 5.85. The van der Waals surface area contributed by atoms with E-state index in [1.54, 1.807) is 14.2 Å². The Morgan fingerprint density at radius 3 is 2.53 bits per heavy atom. The normalized spacial score (nSPS) is 21.4. The van der Waals surface area contributed by atoms with Crippen LogP contribution in [0.3, 0.4) is 0 Å². The molecule has 2 fully saturated rings. The summed E-state index contributed by atoms with van der Waals surface area (Å²) >= 11 is 0. The van der Waals surface area contributed by atoms with Gasteiger partial charge in [-0.2, -0.15) is 0 Å². The van der Waals surface area contributed by atoms with E-state index in [-0.39, 0.29) is 11.3 Å². The molecule has 3 heterocycles. The van der Waals surface area contributed by atoms with E-state index in [4.69, 9.17) is 9.47 Å². The number of amides is 1. The van der Waals surface area contributed by atoms with E-state index in [2.05, 4.69) is 14.9 Å². The van der Waals surface area contributed by atoms with Gasteiger partial charge in [-0.1, -0.05) is 12.1 Å². The van der Waals surface area contributed by atoms with Crippen LogP contribution in [-0.4, -0.2) is 54.6 Å². The first-order valence-corrected chi connectivity index (χ1v) is 10.5. The second-order valence-electron chi connectivity index (χ2n) is 8.39. The quantitative estimate of drug-likeness (QED) is 0.754. The number of anilines is 1. The summed E-state index contributed by atoms with van der Waals surface area (Å²) in [5.74, 6) is 2.35. The Labute approximate surface area is 178 Å². The van der Waals surface area contributed by atoms with E-state index in [1.165, 1.54) is 0 Å². The molecule has 1 atom stereocenters. The third kappa shape index (κ3) is 3.68. The van der Waals surface area contributed by atoms with Gasteiger partial charge in [0.15, 0.2) is 11.5 Å². The second-order valence-corrected chi connectivity index (χ2v) is 8.39. The fraction of sp³-hybridized carbons (Fsp3) is 0.522. The number of carbonyl (C=O) groups excluding carboxylic acids is 1. The average molecular weight is 411 g/mol. The number of likely N-dealkylation sites (tertiary alicyclic amines) is 1.